The molecular weight excluding hydrogens is 280 g/mol. The average molecular weight is 292 g/mol. The molecule has 0 bridgehead atoms. The zero-order valence-electron chi connectivity index (χ0n) is 11.8. The number of para-hydroxylation sites is 2. The van der Waals surface area contributed by atoms with Crippen LogP contribution in [0, 0.1) is 0 Å². The van der Waals surface area contributed by atoms with Crippen LogP contribution in [0.4, 0.5) is 0 Å². The van der Waals surface area contributed by atoms with Crippen LogP contribution in [-0.2, 0) is 0 Å². The van der Waals surface area contributed by atoms with Crippen LogP contribution in [0.2, 0.25) is 0 Å². The molecule has 0 aliphatic carbocycles. The van der Waals surface area contributed by atoms with Crippen molar-refractivity contribution in [2.75, 3.05) is 7.11 Å². The molecule has 5 heteroatoms. The van der Waals surface area contributed by atoms with Crippen molar-refractivity contribution in [2.24, 2.45) is 0 Å². The first-order valence-corrected chi connectivity index (χ1v) is 6.83. The van der Waals surface area contributed by atoms with E-state index in [1.807, 2.05) is 48.5 Å². The molecule has 2 heterocycles. The van der Waals surface area contributed by atoms with Crippen molar-refractivity contribution < 1.29 is 9.15 Å². The highest BCUT2D eigenvalue weighted by atomic mass is 16.5. The molecule has 0 fully saturated rings. The van der Waals surface area contributed by atoms with Crippen LogP contribution < -0.4 is 10.5 Å². The van der Waals surface area contributed by atoms with Crippen LogP contribution >= 0.6 is 0 Å². The normalized spacial score (nSPS) is 11.1. The molecule has 5 nitrogen and oxygen atoms in total. The van der Waals surface area contributed by atoms with Gasteiger partial charge >= 0.3 is 5.76 Å². The van der Waals surface area contributed by atoms with E-state index in [-0.39, 0.29) is 0 Å². The van der Waals surface area contributed by atoms with Gasteiger partial charge in [0.15, 0.2) is 0 Å². The summed E-state index contributed by atoms with van der Waals surface area (Å²) in [6, 6.07) is 16.8. The van der Waals surface area contributed by atoms with Gasteiger partial charge in [-0.1, -0.05) is 24.3 Å². The maximum Gasteiger partial charge on any atom is 0.440 e. The van der Waals surface area contributed by atoms with Crippen molar-refractivity contribution in [3.63, 3.8) is 0 Å². The number of hydrogen-bond acceptors (Lipinski definition) is 4. The van der Waals surface area contributed by atoms with Crippen LogP contribution in [0.3, 0.4) is 0 Å². The average Bonchev–Trinajstić information content (AvgIpc) is 3.01. The van der Waals surface area contributed by atoms with Crippen LogP contribution in [-0.4, -0.2) is 16.7 Å². The number of benzene rings is 2. The Bertz CT molecular complexity index is 1050. The zero-order chi connectivity index (χ0) is 15.1. The quantitative estimate of drug-likeness (QED) is 0.569. The van der Waals surface area contributed by atoms with Gasteiger partial charge in [0.1, 0.15) is 11.3 Å². The van der Waals surface area contributed by atoms with Crippen molar-refractivity contribution in [2.45, 2.75) is 0 Å². The molecule has 0 aliphatic rings. The number of hydrogen-bond donors (Lipinski definition) is 0. The number of methoxy groups -OCH3 is 1. The molecule has 0 unspecified atom stereocenters. The van der Waals surface area contributed by atoms with Gasteiger partial charge in [0.05, 0.1) is 18.3 Å². The standard InChI is InChI=1S/C17H12N2O3/c1-21-15-8-4-2-6-11(15)13-10-14-12-7-3-5-9-16(12)22-17(20)19(14)18-13/h2-10H,1H3. The molecule has 4 rings (SSSR count). The van der Waals surface area contributed by atoms with Gasteiger partial charge in [0, 0.05) is 10.9 Å². The van der Waals surface area contributed by atoms with E-state index in [1.165, 1.54) is 4.52 Å². The predicted molar refractivity (Wildman–Crippen MR) is 83.2 cm³/mol. The van der Waals surface area contributed by atoms with Crippen molar-refractivity contribution in [3.8, 4) is 17.0 Å². The summed E-state index contributed by atoms with van der Waals surface area (Å²) in [5.74, 6) is 0.203. The SMILES string of the molecule is COc1ccccc1-c1cc2c3ccccc3oc(=O)n2n1. The van der Waals surface area contributed by atoms with E-state index in [2.05, 4.69) is 5.10 Å². The third-order valence-corrected chi connectivity index (χ3v) is 3.63. The van der Waals surface area contributed by atoms with E-state index in [0.29, 0.717) is 22.5 Å². The summed E-state index contributed by atoms with van der Waals surface area (Å²) in [5, 5.41) is 5.21. The molecule has 108 valence electrons. The molecule has 0 N–H and O–H groups in total. The molecule has 0 aliphatic heterocycles. The maximum absolute atomic E-state index is 12.1. The molecule has 2 aromatic heterocycles. The molecule has 0 spiro atoms. The lowest BCUT2D eigenvalue weighted by Gasteiger charge is -2.04. The second-order valence-electron chi connectivity index (χ2n) is 4.89. The Hall–Kier alpha value is -3.08. The van der Waals surface area contributed by atoms with E-state index in [9.17, 15) is 4.79 Å². The van der Waals surface area contributed by atoms with Crippen molar-refractivity contribution >= 4 is 16.5 Å². The van der Waals surface area contributed by atoms with Crippen molar-refractivity contribution in [1.82, 2.24) is 9.61 Å². The fourth-order valence-electron chi connectivity index (χ4n) is 2.60. The molecule has 0 saturated carbocycles. The molecule has 4 aromatic rings. The topological polar surface area (TPSA) is 56.7 Å². The second kappa shape index (κ2) is 4.73. The Balaban J connectivity index is 2.08. The third-order valence-electron chi connectivity index (χ3n) is 3.63. The van der Waals surface area contributed by atoms with Crippen molar-refractivity contribution in [1.29, 1.82) is 0 Å². The molecule has 2 aromatic carbocycles. The van der Waals surface area contributed by atoms with Gasteiger partial charge in [-0.2, -0.15) is 9.61 Å². The first-order chi connectivity index (χ1) is 10.8. The third kappa shape index (κ3) is 1.79. The van der Waals surface area contributed by atoms with Crippen LogP contribution in [0.5, 0.6) is 5.75 Å². The highest BCUT2D eigenvalue weighted by molar-refractivity contribution is 5.93. The van der Waals surface area contributed by atoms with Gasteiger partial charge in [0.2, 0.25) is 0 Å². The monoisotopic (exact) mass is 292 g/mol. The minimum atomic E-state index is -0.505. The number of ether oxygens (including phenoxy) is 1. The minimum absolute atomic E-state index is 0.505. The smallest absolute Gasteiger partial charge is 0.440 e. The molecular formula is C17H12N2O3. The van der Waals surface area contributed by atoms with Gasteiger partial charge < -0.3 is 9.15 Å². The molecule has 22 heavy (non-hydrogen) atoms. The predicted octanol–water partition coefficient (Wildman–Crippen LogP) is 3.12. The van der Waals surface area contributed by atoms with Gasteiger partial charge in [-0.05, 0) is 30.3 Å². The fourth-order valence-corrected chi connectivity index (χ4v) is 2.60. The number of rotatable bonds is 2. The summed E-state index contributed by atoms with van der Waals surface area (Å²) < 4.78 is 11.9. The summed E-state index contributed by atoms with van der Waals surface area (Å²) in [7, 11) is 1.61. The van der Waals surface area contributed by atoms with E-state index >= 15 is 0 Å². The number of fused-ring (bicyclic) bond motifs is 3. The lowest BCUT2D eigenvalue weighted by atomic mass is 10.1. The lowest BCUT2D eigenvalue weighted by Crippen LogP contribution is -2.12. The second-order valence-corrected chi connectivity index (χ2v) is 4.89. The first kappa shape index (κ1) is 12.6. The van der Waals surface area contributed by atoms with E-state index in [4.69, 9.17) is 9.15 Å². The Morgan fingerprint density at radius 3 is 2.73 bits per heavy atom. The van der Waals surface area contributed by atoms with Gasteiger partial charge in [-0.3, -0.25) is 0 Å². The molecule has 0 saturated heterocycles. The van der Waals surface area contributed by atoms with Crippen molar-refractivity contribution in [3.05, 3.63) is 65.1 Å². The maximum atomic E-state index is 12.1. The van der Waals surface area contributed by atoms with Crippen LogP contribution in [0.25, 0.3) is 27.7 Å². The summed E-state index contributed by atoms with van der Waals surface area (Å²) in [5.41, 5.74) is 2.76. The Morgan fingerprint density at radius 2 is 1.86 bits per heavy atom. The summed E-state index contributed by atoms with van der Waals surface area (Å²) in [6.07, 6.45) is 0. The van der Waals surface area contributed by atoms with E-state index in [1.54, 1.807) is 13.2 Å². The van der Waals surface area contributed by atoms with Gasteiger partial charge in [-0.25, -0.2) is 4.79 Å². The Morgan fingerprint density at radius 1 is 1.09 bits per heavy atom. The van der Waals surface area contributed by atoms with E-state index in [0.717, 1.165) is 10.9 Å². The highest BCUT2D eigenvalue weighted by Crippen LogP contribution is 2.30. The molecule has 0 radical (unpaired) electrons. The Labute approximate surface area is 125 Å². The van der Waals surface area contributed by atoms with Crippen LogP contribution in [0.15, 0.2) is 63.8 Å². The summed E-state index contributed by atoms with van der Waals surface area (Å²) in [6.45, 7) is 0. The largest absolute Gasteiger partial charge is 0.496 e. The first-order valence-electron chi connectivity index (χ1n) is 6.83. The zero-order valence-corrected chi connectivity index (χ0v) is 11.8. The van der Waals surface area contributed by atoms with Crippen LogP contribution in [0.1, 0.15) is 0 Å². The number of nitrogens with zero attached hydrogens (tertiary/aromatic N) is 2. The summed E-state index contributed by atoms with van der Waals surface area (Å²) in [4.78, 5) is 12.1. The molecule has 0 atom stereocenters. The highest BCUT2D eigenvalue weighted by Gasteiger charge is 2.14. The van der Waals surface area contributed by atoms with E-state index < -0.39 is 5.76 Å². The number of aromatic nitrogens is 2. The minimum Gasteiger partial charge on any atom is -0.496 e. The fraction of sp³-hybridized carbons (Fsp3) is 0.0588. The van der Waals surface area contributed by atoms with Gasteiger partial charge in [-0.15, -0.1) is 0 Å². The summed E-state index contributed by atoms with van der Waals surface area (Å²) >= 11 is 0. The molecule has 0 amide bonds. The Kier molecular flexibility index (Phi) is 2.72. The lowest BCUT2D eigenvalue weighted by molar-refractivity contribution is 0.416. The van der Waals surface area contributed by atoms with Gasteiger partial charge in [0.25, 0.3) is 0 Å².